The van der Waals surface area contributed by atoms with E-state index in [0.29, 0.717) is 42.7 Å². The fourth-order valence-electron chi connectivity index (χ4n) is 13.7. The van der Waals surface area contributed by atoms with Crippen LogP contribution in [0.3, 0.4) is 0 Å². The van der Waals surface area contributed by atoms with E-state index in [4.69, 9.17) is 9.47 Å². The molecule has 0 radical (unpaired) electrons. The third-order valence-corrected chi connectivity index (χ3v) is 15.5. The van der Waals surface area contributed by atoms with Crippen LogP contribution < -0.4 is 10.6 Å². The summed E-state index contributed by atoms with van der Waals surface area (Å²) in [7, 11) is 0. The van der Waals surface area contributed by atoms with Gasteiger partial charge in [0.2, 0.25) is 0 Å². The first-order valence-electron chi connectivity index (χ1n) is 19.6. The second-order valence-corrected chi connectivity index (χ2v) is 17.3. The first-order chi connectivity index (χ1) is 20.8. The quantitative estimate of drug-likeness (QED) is 0.356. The van der Waals surface area contributed by atoms with E-state index in [9.17, 15) is 0 Å². The van der Waals surface area contributed by atoms with Crippen LogP contribution in [0.25, 0.3) is 0 Å². The van der Waals surface area contributed by atoms with E-state index in [0.717, 1.165) is 53.3 Å². The smallest absolute Gasteiger partial charge is 0.0891 e. The first-order valence-corrected chi connectivity index (χ1v) is 19.6. The van der Waals surface area contributed by atoms with Crippen molar-refractivity contribution in [2.24, 2.45) is 53.3 Å². The Morgan fingerprint density at radius 1 is 0.381 bits per heavy atom. The van der Waals surface area contributed by atoms with Crippen molar-refractivity contribution in [3.8, 4) is 0 Å². The molecule has 0 amide bonds. The molecule has 0 aromatic heterocycles. The van der Waals surface area contributed by atoms with Gasteiger partial charge in [-0.15, -0.1) is 0 Å². The molecule has 9 rings (SSSR count). The molecular formula is C38H62N2O2. The van der Waals surface area contributed by atoms with Gasteiger partial charge in [0.05, 0.1) is 30.6 Å². The summed E-state index contributed by atoms with van der Waals surface area (Å²) in [6.07, 6.45) is 34.3. The first kappa shape index (κ1) is 28.1. The summed E-state index contributed by atoms with van der Waals surface area (Å²) in [6, 6.07) is 1.15. The van der Waals surface area contributed by atoms with Crippen LogP contribution in [0.2, 0.25) is 0 Å². The fraction of sp³-hybridized carbons (Fsp3) is 1.00. The average Bonchev–Trinajstić information content (AvgIpc) is 3.63. The Kier molecular flexibility index (Phi) is 7.95. The molecule has 4 nitrogen and oxygen atoms in total. The van der Waals surface area contributed by atoms with Gasteiger partial charge in [-0.3, -0.25) is 10.6 Å². The van der Waals surface area contributed by atoms with Gasteiger partial charge in [0.1, 0.15) is 0 Å². The van der Waals surface area contributed by atoms with E-state index in [2.05, 4.69) is 10.6 Å². The molecule has 42 heavy (non-hydrogen) atoms. The van der Waals surface area contributed by atoms with Crippen LogP contribution in [-0.4, -0.2) is 42.7 Å². The molecule has 9 aliphatic rings. The Morgan fingerprint density at radius 2 is 1.02 bits per heavy atom. The number of hydrogen-bond acceptors (Lipinski definition) is 4. The summed E-state index contributed by atoms with van der Waals surface area (Å²) in [4.78, 5) is 0. The normalized spacial score (nSPS) is 53.4. The van der Waals surface area contributed by atoms with Crippen LogP contribution >= 0.6 is 0 Å². The Labute approximate surface area is 257 Å². The third kappa shape index (κ3) is 4.89. The maximum absolute atomic E-state index is 7.21. The number of fused-ring (bicyclic) bond motifs is 8. The van der Waals surface area contributed by atoms with Crippen molar-refractivity contribution in [3.63, 3.8) is 0 Å². The van der Waals surface area contributed by atoms with Crippen LogP contribution in [0.1, 0.15) is 141 Å². The van der Waals surface area contributed by atoms with Gasteiger partial charge in [0.15, 0.2) is 0 Å². The number of hydrogen-bond donors (Lipinski definition) is 2. The molecule has 9 fully saturated rings. The van der Waals surface area contributed by atoms with Crippen LogP contribution in [0.15, 0.2) is 0 Å². The predicted molar refractivity (Wildman–Crippen MR) is 168 cm³/mol. The van der Waals surface area contributed by atoms with Gasteiger partial charge in [0, 0.05) is 18.0 Å². The largest absolute Gasteiger partial charge is 0.374 e. The SMILES string of the molecule is C1CCC(C2CCC3OC4CC(C5NC(C6CCCCC6)C6OC7CCCCC7C6N5)C5CCCCC5C4C3C2)CC1. The van der Waals surface area contributed by atoms with Crippen molar-refractivity contribution in [1.82, 2.24) is 10.6 Å². The maximum Gasteiger partial charge on any atom is 0.0891 e. The Balaban J connectivity index is 0.973. The second-order valence-electron chi connectivity index (χ2n) is 17.3. The lowest BCUT2D eigenvalue weighted by molar-refractivity contribution is -0.0796. The molecule has 4 heteroatoms. The van der Waals surface area contributed by atoms with Gasteiger partial charge in [0.25, 0.3) is 0 Å². The van der Waals surface area contributed by atoms with Gasteiger partial charge >= 0.3 is 0 Å². The number of ether oxygens (including phenoxy) is 2. The van der Waals surface area contributed by atoms with Gasteiger partial charge < -0.3 is 9.47 Å². The van der Waals surface area contributed by atoms with Crippen LogP contribution in [0.5, 0.6) is 0 Å². The topological polar surface area (TPSA) is 42.5 Å². The minimum absolute atomic E-state index is 0.401. The monoisotopic (exact) mass is 578 g/mol. The average molecular weight is 579 g/mol. The molecule has 6 saturated carbocycles. The minimum atomic E-state index is 0.401. The van der Waals surface area contributed by atoms with E-state index in [1.807, 2.05) is 0 Å². The molecule has 0 aromatic rings. The Bertz CT molecular complexity index is 930. The molecule has 3 heterocycles. The van der Waals surface area contributed by atoms with Gasteiger partial charge in [-0.1, -0.05) is 77.0 Å². The molecule has 14 atom stereocenters. The molecule has 2 N–H and O–H groups in total. The molecule has 3 saturated heterocycles. The third-order valence-electron chi connectivity index (χ3n) is 15.5. The van der Waals surface area contributed by atoms with E-state index in [-0.39, 0.29) is 0 Å². The zero-order valence-corrected chi connectivity index (χ0v) is 26.6. The highest BCUT2D eigenvalue weighted by Gasteiger charge is 2.60. The molecule has 3 aliphatic heterocycles. The van der Waals surface area contributed by atoms with E-state index < -0.39 is 0 Å². The van der Waals surface area contributed by atoms with E-state index in [1.54, 1.807) is 0 Å². The standard InChI is InChI=1S/C38H62N2O2/c1-3-11-23(12-4-1)25-19-20-32-30(21-25)34-27-16-8-7-15-26(27)29(22-33(34)41-32)38-39-35(24-13-5-2-6-14-24)37-36(40-38)28-17-9-10-18-31(28)42-37/h23-40H,1-22H2. The maximum atomic E-state index is 7.21. The van der Waals surface area contributed by atoms with Crippen LogP contribution in [-0.2, 0) is 9.47 Å². The molecule has 0 aromatic carbocycles. The van der Waals surface area contributed by atoms with Gasteiger partial charge in [-0.25, -0.2) is 0 Å². The van der Waals surface area contributed by atoms with Crippen molar-refractivity contribution >= 4 is 0 Å². The lowest BCUT2D eigenvalue weighted by atomic mass is 9.55. The van der Waals surface area contributed by atoms with Gasteiger partial charge in [-0.2, -0.15) is 0 Å². The fourth-order valence-corrected chi connectivity index (χ4v) is 13.7. The number of nitrogens with one attached hydrogen (secondary N) is 2. The minimum Gasteiger partial charge on any atom is -0.374 e. The second kappa shape index (κ2) is 11.9. The molecular weight excluding hydrogens is 516 g/mol. The summed E-state index contributed by atoms with van der Waals surface area (Å²) < 4.78 is 14.2. The zero-order valence-electron chi connectivity index (χ0n) is 26.6. The zero-order chi connectivity index (χ0) is 27.6. The predicted octanol–water partition coefficient (Wildman–Crippen LogP) is 7.99. The van der Waals surface area contributed by atoms with Crippen LogP contribution in [0, 0.1) is 53.3 Å². The molecule has 0 spiro atoms. The van der Waals surface area contributed by atoms with Crippen molar-refractivity contribution in [1.29, 1.82) is 0 Å². The molecule has 0 bridgehead atoms. The van der Waals surface area contributed by atoms with E-state index in [1.165, 1.54) is 141 Å². The Morgan fingerprint density at radius 3 is 1.83 bits per heavy atom. The summed E-state index contributed by atoms with van der Waals surface area (Å²) in [6.45, 7) is 0. The van der Waals surface area contributed by atoms with E-state index >= 15 is 0 Å². The van der Waals surface area contributed by atoms with Crippen LogP contribution in [0.4, 0.5) is 0 Å². The molecule has 236 valence electrons. The van der Waals surface area contributed by atoms with Crippen molar-refractivity contribution in [2.75, 3.05) is 0 Å². The number of rotatable bonds is 3. The Hall–Kier alpha value is -0.160. The highest BCUT2D eigenvalue weighted by molar-refractivity contribution is 5.11. The van der Waals surface area contributed by atoms with Crippen molar-refractivity contribution in [2.45, 2.75) is 184 Å². The summed E-state index contributed by atoms with van der Waals surface area (Å²) in [5.74, 6) is 7.91. The highest BCUT2D eigenvalue weighted by atomic mass is 16.5. The van der Waals surface area contributed by atoms with Gasteiger partial charge in [-0.05, 0) is 112 Å². The summed E-state index contributed by atoms with van der Waals surface area (Å²) in [5.41, 5.74) is 0. The lowest BCUT2D eigenvalue weighted by Gasteiger charge is -2.54. The summed E-state index contributed by atoms with van der Waals surface area (Å²) in [5, 5.41) is 8.80. The van der Waals surface area contributed by atoms with Crippen molar-refractivity contribution in [3.05, 3.63) is 0 Å². The molecule has 6 aliphatic carbocycles. The summed E-state index contributed by atoms with van der Waals surface area (Å²) >= 11 is 0. The van der Waals surface area contributed by atoms with Crippen molar-refractivity contribution < 1.29 is 9.47 Å². The highest BCUT2D eigenvalue weighted by Crippen LogP contribution is 2.59. The lowest BCUT2D eigenvalue weighted by Crippen LogP contribution is -2.71. The molecule has 14 unspecified atom stereocenters.